The maximum atomic E-state index is 12.1. The van der Waals surface area contributed by atoms with Gasteiger partial charge < -0.3 is 22.5 Å². The van der Waals surface area contributed by atoms with Gasteiger partial charge in [0.1, 0.15) is 0 Å². The number of hydrogen-bond acceptors (Lipinski definition) is 7. The van der Waals surface area contributed by atoms with Crippen LogP contribution in [0.4, 0.5) is 11.5 Å². The van der Waals surface area contributed by atoms with Crippen LogP contribution in [0.2, 0.25) is 0 Å². The normalized spacial score (nSPS) is 10.5. The monoisotopic (exact) mass is 422 g/mol. The van der Waals surface area contributed by atoms with Crippen molar-refractivity contribution in [1.82, 2.24) is 15.3 Å². The Hall–Kier alpha value is -3.59. The van der Waals surface area contributed by atoms with Crippen molar-refractivity contribution in [3.05, 3.63) is 77.2 Å². The van der Waals surface area contributed by atoms with Crippen molar-refractivity contribution >= 4 is 35.1 Å². The van der Waals surface area contributed by atoms with Gasteiger partial charge in [0.2, 0.25) is 5.91 Å². The second-order valence-electron chi connectivity index (χ2n) is 6.59. The summed E-state index contributed by atoms with van der Waals surface area (Å²) in [7, 11) is 0. The summed E-state index contributed by atoms with van der Waals surface area (Å²) in [5, 5.41) is 2.91. The average molecular weight is 423 g/mol. The van der Waals surface area contributed by atoms with Gasteiger partial charge >= 0.3 is 0 Å². The average Bonchev–Trinajstić information content (AvgIpc) is 2.73. The Morgan fingerprint density at radius 3 is 2.50 bits per heavy atom. The summed E-state index contributed by atoms with van der Waals surface area (Å²) in [5.74, 6) is -0.437. The van der Waals surface area contributed by atoms with Gasteiger partial charge in [-0.3, -0.25) is 9.59 Å². The molecule has 30 heavy (non-hydrogen) atoms. The number of carbonyl (C=O) groups excluding carboxylic acids is 2. The minimum atomic E-state index is -0.713. The number of primary amides is 1. The number of amides is 2. The van der Waals surface area contributed by atoms with E-state index in [0.717, 1.165) is 16.0 Å². The summed E-state index contributed by atoms with van der Waals surface area (Å²) in [6.45, 7) is 0.412. The Morgan fingerprint density at radius 2 is 1.77 bits per heavy atom. The van der Waals surface area contributed by atoms with Crippen LogP contribution in [0, 0.1) is 0 Å². The molecule has 2 amide bonds. The Bertz CT molecular complexity index is 1060. The van der Waals surface area contributed by atoms with Gasteiger partial charge in [-0.2, -0.15) is 0 Å². The highest BCUT2D eigenvalue weighted by molar-refractivity contribution is 8.00. The third-order valence-electron chi connectivity index (χ3n) is 4.20. The molecular weight excluding hydrogens is 400 g/mol. The van der Waals surface area contributed by atoms with E-state index in [0.29, 0.717) is 30.1 Å². The van der Waals surface area contributed by atoms with Crippen molar-refractivity contribution in [3.8, 4) is 0 Å². The summed E-state index contributed by atoms with van der Waals surface area (Å²) in [6, 6.07) is 15.1. The first-order chi connectivity index (χ1) is 14.4. The summed E-state index contributed by atoms with van der Waals surface area (Å²) < 4.78 is 0. The van der Waals surface area contributed by atoms with Crippen molar-refractivity contribution in [2.24, 2.45) is 5.73 Å². The van der Waals surface area contributed by atoms with E-state index in [-0.39, 0.29) is 17.4 Å². The van der Waals surface area contributed by atoms with Crippen molar-refractivity contribution in [3.63, 3.8) is 0 Å². The number of anilines is 2. The first-order valence-electron chi connectivity index (χ1n) is 9.15. The highest BCUT2D eigenvalue weighted by Crippen LogP contribution is 2.19. The summed E-state index contributed by atoms with van der Waals surface area (Å²) >= 11 is 1.45. The Morgan fingerprint density at radius 1 is 1.03 bits per heavy atom. The van der Waals surface area contributed by atoms with Gasteiger partial charge in [0, 0.05) is 23.5 Å². The number of hydrogen-bond donors (Lipinski definition) is 4. The standard InChI is InChI=1S/C21H22N6O2S/c22-15-4-6-17(7-5-15)30-12-18(28)25-10-14-3-1-2-13(8-14)9-16-11-26-20(23)19(27-16)21(24)29/h1-8,11H,9-10,12,22H2,(H2,23,26)(H2,24,29)(H,25,28). The molecule has 0 saturated carbocycles. The molecule has 0 radical (unpaired) electrons. The molecule has 0 aliphatic rings. The fourth-order valence-electron chi connectivity index (χ4n) is 2.72. The molecule has 0 fully saturated rings. The molecule has 1 heterocycles. The van der Waals surface area contributed by atoms with Crippen LogP contribution in [0.1, 0.15) is 27.3 Å². The first kappa shape index (κ1) is 21.1. The maximum absolute atomic E-state index is 12.1. The van der Waals surface area contributed by atoms with E-state index in [1.165, 1.54) is 18.0 Å². The molecule has 7 N–H and O–H groups in total. The van der Waals surface area contributed by atoms with E-state index in [9.17, 15) is 9.59 Å². The highest BCUT2D eigenvalue weighted by Gasteiger charge is 2.11. The SMILES string of the molecule is NC(=O)c1nc(Cc2cccc(CNC(=O)CSc3ccc(N)cc3)c2)cnc1N. The fourth-order valence-corrected chi connectivity index (χ4v) is 3.45. The Balaban J connectivity index is 1.55. The topological polar surface area (TPSA) is 150 Å². The van der Waals surface area contributed by atoms with Gasteiger partial charge in [-0.1, -0.05) is 24.3 Å². The Labute approximate surface area is 178 Å². The van der Waals surface area contributed by atoms with Gasteiger partial charge in [0.15, 0.2) is 11.5 Å². The summed E-state index contributed by atoms with van der Waals surface area (Å²) in [6.07, 6.45) is 1.98. The predicted octanol–water partition coefficient (Wildman–Crippen LogP) is 1.74. The molecule has 154 valence electrons. The van der Waals surface area contributed by atoms with Crippen LogP contribution in [-0.4, -0.2) is 27.5 Å². The van der Waals surface area contributed by atoms with Crippen LogP contribution in [-0.2, 0) is 17.8 Å². The third kappa shape index (κ3) is 5.95. The molecule has 2 aromatic carbocycles. The largest absolute Gasteiger partial charge is 0.399 e. The molecule has 3 aromatic rings. The molecule has 0 aliphatic heterocycles. The van der Waals surface area contributed by atoms with Crippen LogP contribution in [0.15, 0.2) is 59.6 Å². The van der Waals surface area contributed by atoms with Gasteiger partial charge in [-0.15, -0.1) is 11.8 Å². The second kappa shape index (κ2) is 9.75. The van der Waals surface area contributed by atoms with Crippen molar-refractivity contribution in [2.75, 3.05) is 17.2 Å². The van der Waals surface area contributed by atoms with Gasteiger partial charge in [0.05, 0.1) is 17.6 Å². The highest BCUT2D eigenvalue weighted by atomic mass is 32.2. The van der Waals surface area contributed by atoms with E-state index in [1.807, 2.05) is 48.5 Å². The molecule has 0 atom stereocenters. The molecule has 9 heteroatoms. The van der Waals surface area contributed by atoms with Crippen LogP contribution < -0.4 is 22.5 Å². The lowest BCUT2D eigenvalue weighted by Gasteiger charge is -2.08. The molecule has 0 aliphatic carbocycles. The zero-order chi connectivity index (χ0) is 21.5. The van der Waals surface area contributed by atoms with Gasteiger partial charge in [0.25, 0.3) is 5.91 Å². The number of nitrogens with two attached hydrogens (primary N) is 3. The van der Waals surface area contributed by atoms with Gasteiger partial charge in [-0.25, -0.2) is 9.97 Å². The number of thioether (sulfide) groups is 1. The summed E-state index contributed by atoms with van der Waals surface area (Å²) in [5.41, 5.74) is 19.7. The van der Waals surface area contributed by atoms with Crippen LogP contribution >= 0.6 is 11.8 Å². The predicted molar refractivity (Wildman–Crippen MR) is 118 cm³/mol. The molecule has 0 saturated heterocycles. The fraction of sp³-hybridized carbons (Fsp3) is 0.143. The molecule has 3 rings (SSSR count). The first-order valence-corrected chi connectivity index (χ1v) is 10.1. The number of benzene rings is 2. The lowest BCUT2D eigenvalue weighted by atomic mass is 10.1. The number of nitrogens with zero attached hydrogens (tertiary/aromatic N) is 2. The van der Waals surface area contributed by atoms with Crippen molar-refractivity contribution < 1.29 is 9.59 Å². The summed E-state index contributed by atoms with van der Waals surface area (Å²) in [4.78, 5) is 32.7. The minimum absolute atomic E-state index is 0.0135. The number of carbonyl (C=O) groups is 2. The number of nitrogen functional groups attached to an aromatic ring is 2. The molecular formula is C21H22N6O2S. The quantitative estimate of drug-likeness (QED) is 0.319. The lowest BCUT2D eigenvalue weighted by molar-refractivity contribution is -0.118. The number of rotatable bonds is 8. The van der Waals surface area contributed by atoms with Crippen LogP contribution in [0.5, 0.6) is 0 Å². The van der Waals surface area contributed by atoms with E-state index in [4.69, 9.17) is 17.2 Å². The smallest absolute Gasteiger partial charge is 0.271 e. The zero-order valence-electron chi connectivity index (χ0n) is 16.2. The van der Waals surface area contributed by atoms with Crippen LogP contribution in [0.25, 0.3) is 0 Å². The van der Waals surface area contributed by atoms with Crippen molar-refractivity contribution in [2.45, 2.75) is 17.9 Å². The van der Waals surface area contributed by atoms with Gasteiger partial charge in [-0.05, 0) is 35.4 Å². The van der Waals surface area contributed by atoms with E-state index < -0.39 is 5.91 Å². The van der Waals surface area contributed by atoms with Crippen LogP contribution in [0.3, 0.4) is 0 Å². The van der Waals surface area contributed by atoms with Crippen molar-refractivity contribution in [1.29, 1.82) is 0 Å². The molecule has 0 spiro atoms. The molecule has 8 nitrogen and oxygen atoms in total. The van der Waals surface area contributed by atoms with E-state index in [2.05, 4.69) is 15.3 Å². The third-order valence-corrected chi connectivity index (χ3v) is 5.21. The number of aromatic nitrogens is 2. The number of nitrogens with one attached hydrogen (secondary N) is 1. The molecule has 0 bridgehead atoms. The molecule has 1 aromatic heterocycles. The molecule has 0 unspecified atom stereocenters. The van der Waals surface area contributed by atoms with E-state index in [1.54, 1.807) is 0 Å². The lowest BCUT2D eigenvalue weighted by Crippen LogP contribution is -2.24. The van der Waals surface area contributed by atoms with E-state index >= 15 is 0 Å². The minimum Gasteiger partial charge on any atom is -0.399 e. The second-order valence-corrected chi connectivity index (χ2v) is 7.64. The Kier molecular flexibility index (Phi) is 6.87. The zero-order valence-corrected chi connectivity index (χ0v) is 17.0. The maximum Gasteiger partial charge on any atom is 0.271 e.